The lowest BCUT2D eigenvalue weighted by atomic mass is 9.90. The first-order chi connectivity index (χ1) is 8.21. The van der Waals surface area contributed by atoms with Crippen LogP contribution in [0.2, 0.25) is 0 Å². The molecule has 0 fully saturated rings. The molecule has 1 unspecified atom stereocenters. The van der Waals surface area contributed by atoms with Crippen LogP contribution in [0.4, 0.5) is 0 Å². The third-order valence-electron chi connectivity index (χ3n) is 3.66. The Morgan fingerprint density at radius 3 is 2.47 bits per heavy atom. The molecule has 1 atom stereocenters. The van der Waals surface area contributed by atoms with E-state index in [0.717, 1.165) is 12.8 Å². The summed E-state index contributed by atoms with van der Waals surface area (Å²) in [5, 5.41) is 0. The zero-order chi connectivity index (χ0) is 12.7. The Labute approximate surface area is 106 Å². The highest BCUT2D eigenvalue weighted by Crippen LogP contribution is 2.17. The minimum absolute atomic E-state index is 0.436. The summed E-state index contributed by atoms with van der Waals surface area (Å²) in [6.45, 7) is 6.62. The molecule has 0 bridgehead atoms. The highest BCUT2D eigenvalue weighted by molar-refractivity contribution is 5.22. The maximum Gasteiger partial charge on any atom is 0.0241 e. The number of rotatable bonds is 7. The van der Waals surface area contributed by atoms with Crippen molar-refractivity contribution in [1.29, 1.82) is 0 Å². The van der Waals surface area contributed by atoms with Crippen molar-refractivity contribution in [3.8, 4) is 0 Å². The first kappa shape index (κ1) is 14.2. The van der Waals surface area contributed by atoms with Crippen LogP contribution in [-0.4, -0.2) is 6.04 Å². The molecular weight excluding hydrogens is 208 g/mol. The second-order valence-corrected chi connectivity index (χ2v) is 4.88. The molecule has 0 radical (unpaired) electrons. The third kappa shape index (κ3) is 4.49. The van der Waals surface area contributed by atoms with Crippen molar-refractivity contribution >= 4 is 0 Å². The maximum atomic E-state index is 5.67. The van der Waals surface area contributed by atoms with Crippen LogP contribution in [0.1, 0.15) is 44.2 Å². The Morgan fingerprint density at radius 2 is 1.94 bits per heavy atom. The van der Waals surface area contributed by atoms with Crippen molar-refractivity contribution in [1.82, 2.24) is 5.43 Å². The molecule has 0 amide bonds. The van der Waals surface area contributed by atoms with Crippen LogP contribution in [-0.2, 0) is 6.42 Å². The molecule has 2 nitrogen and oxygen atoms in total. The van der Waals surface area contributed by atoms with E-state index in [-0.39, 0.29) is 0 Å². The van der Waals surface area contributed by atoms with Crippen LogP contribution >= 0.6 is 0 Å². The van der Waals surface area contributed by atoms with Crippen molar-refractivity contribution in [3.05, 3.63) is 35.4 Å². The molecule has 0 aliphatic rings. The molecule has 1 aromatic rings. The van der Waals surface area contributed by atoms with Crippen molar-refractivity contribution < 1.29 is 0 Å². The Morgan fingerprint density at radius 1 is 1.24 bits per heavy atom. The van der Waals surface area contributed by atoms with Gasteiger partial charge in [-0.05, 0) is 31.2 Å². The Hall–Kier alpha value is -0.860. The second-order valence-electron chi connectivity index (χ2n) is 4.88. The van der Waals surface area contributed by atoms with Crippen LogP contribution in [0.3, 0.4) is 0 Å². The summed E-state index contributed by atoms with van der Waals surface area (Å²) < 4.78 is 0. The average Bonchev–Trinajstić information content (AvgIpc) is 2.34. The average molecular weight is 234 g/mol. The molecule has 0 saturated heterocycles. The van der Waals surface area contributed by atoms with Crippen LogP contribution in [0.5, 0.6) is 0 Å². The first-order valence-corrected chi connectivity index (χ1v) is 6.72. The van der Waals surface area contributed by atoms with E-state index in [1.807, 2.05) is 0 Å². The summed E-state index contributed by atoms with van der Waals surface area (Å²) >= 11 is 0. The summed E-state index contributed by atoms with van der Waals surface area (Å²) in [6.07, 6.45) is 4.61. The van der Waals surface area contributed by atoms with Gasteiger partial charge in [0.05, 0.1) is 0 Å². The molecule has 1 aromatic carbocycles. The molecule has 0 aliphatic heterocycles. The van der Waals surface area contributed by atoms with Gasteiger partial charge in [-0.25, -0.2) is 0 Å². The Bertz CT molecular complexity index is 318. The van der Waals surface area contributed by atoms with Crippen LogP contribution in [0.15, 0.2) is 24.3 Å². The molecular formula is C15H26N2. The molecule has 17 heavy (non-hydrogen) atoms. The number of hydrazine groups is 1. The lowest BCUT2D eigenvalue weighted by Crippen LogP contribution is -2.40. The molecule has 2 heteroatoms. The monoisotopic (exact) mass is 234 g/mol. The highest BCUT2D eigenvalue weighted by atomic mass is 15.2. The summed E-state index contributed by atoms with van der Waals surface area (Å²) in [4.78, 5) is 0. The second kappa shape index (κ2) is 7.46. The molecule has 1 rings (SSSR count). The van der Waals surface area contributed by atoms with Gasteiger partial charge in [-0.2, -0.15) is 0 Å². The predicted molar refractivity (Wildman–Crippen MR) is 74.7 cm³/mol. The zero-order valence-corrected chi connectivity index (χ0v) is 11.4. The van der Waals surface area contributed by atoms with Crippen molar-refractivity contribution in [2.75, 3.05) is 0 Å². The van der Waals surface area contributed by atoms with Gasteiger partial charge in [0.15, 0.2) is 0 Å². The van der Waals surface area contributed by atoms with Gasteiger partial charge in [0.1, 0.15) is 0 Å². The summed E-state index contributed by atoms with van der Waals surface area (Å²) in [5.74, 6) is 6.35. The number of benzene rings is 1. The SMILES string of the molecule is CCC(CC)C(CCc1cccc(C)c1)NN. The van der Waals surface area contributed by atoms with Gasteiger partial charge in [0, 0.05) is 6.04 Å². The topological polar surface area (TPSA) is 38.0 Å². The van der Waals surface area contributed by atoms with Crippen LogP contribution in [0.25, 0.3) is 0 Å². The van der Waals surface area contributed by atoms with Gasteiger partial charge in [0.2, 0.25) is 0 Å². The third-order valence-corrected chi connectivity index (χ3v) is 3.66. The molecule has 0 aromatic heterocycles. The smallest absolute Gasteiger partial charge is 0.0241 e. The van der Waals surface area contributed by atoms with E-state index >= 15 is 0 Å². The minimum atomic E-state index is 0.436. The Kier molecular flexibility index (Phi) is 6.23. The quantitative estimate of drug-likeness (QED) is 0.561. The summed E-state index contributed by atoms with van der Waals surface area (Å²) in [6, 6.07) is 9.18. The predicted octanol–water partition coefficient (Wildman–Crippen LogP) is 3.20. The van der Waals surface area contributed by atoms with Gasteiger partial charge < -0.3 is 0 Å². The number of nitrogens with one attached hydrogen (secondary N) is 1. The van der Waals surface area contributed by atoms with E-state index in [1.165, 1.54) is 24.0 Å². The van der Waals surface area contributed by atoms with Crippen LogP contribution in [0, 0.1) is 12.8 Å². The fourth-order valence-corrected chi connectivity index (χ4v) is 2.50. The van der Waals surface area contributed by atoms with E-state index in [4.69, 9.17) is 5.84 Å². The number of hydrogen-bond acceptors (Lipinski definition) is 2. The van der Waals surface area contributed by atoms with E-state index in [9.17, 15) is 0 Å². The fraction of sp³-hybridized carbons (Fsp3) is 0.600. The van der Waals surface area contributed by atoms with Crippen LogP contribution < -0.4 is 11.3 Å². The lowest BCUT2D eigenvalue weighted by Gasteiger charge is -2.24. The molecule has 3 N–H and O–H groups in total. The molecule has 0 spiro atoms. The van der Waals surface area contributed by atoms with Gasteiger partial charge >= 0.3 is 0 Å². The fourth-order valence-electron chi connectivity index (χ4n) is 2.50. The lowest BCUT2D eigenvalue weighted by molar-refractivity contribution is 0.321. The van der Waals surface area contributed by atoms with E-state index < -0.39 is 0 Å². The van der Waals surface area contributed by atoms with Gasteiger partial charge in [-0.3, -0.25) is 11.3 Å². The normalized spacial score (nSPS) is 13.0. The van der Waals surface area contributed by atoms with E-state index in [0.29, 0.717) is 12.0 Å². The maximum absolute atomic E-state index is 5.67. The molecule has 0 aliphatic carbocycles. The number of hydrogen-bond donors (Lipinski definition) is 2. The first-order valence-electron chi connectivity index (χ1n) is 6.72. The zero-order valence-electron chi connectivity index (χ0n) is 11.4. The summed E-state index contributed by atoms with van der Waals surface area (Å²) in [7, 11) is 0. The van der Waals surface area contributed by atoms with Crippen molar-refractivity contribution in [2.24, 2.45) is 11.8 Å². The van der Waals surface area contributed by atoms with Gasteiger partial charge in [-0.1, -0.05) is 56.5 Å². The minimum Gasteiger partial charge on any atom is -0.271 e. The molecule has 0 saturated carbocycles. The van der Waals surface area contributed by atoms with E-state index in [2.05, 4.69) is 50.5 Å². The van der Waals surface area contributed by atoms with Crippen molar-refractivity contribution in [3.63, 3.8) is 0 Å². The summed E-state index contributed by atoms with van der Waals surface area (Å²) in [5.41, 5.74) is 5.74. The standard InChI is InChI=1S/C15H26N2/c1-4-14(5-2)15(17-16)10-9-13-8-6-7-12(3)11-13/h6-8,11,14-15,17H,4-5,9-10,16H2,1-3H3. The van der Waals surface area contributed by atoms with Crippen molar-refractivity contribution in [2.45, 2.75) is 52.5 Å². The van der Waals surface area contributed by atoms with E-state index in [1.54, 1.807) is 0 Å². The number of aryl methyl sites for hydroxylation is 2. The van der Waals surface area contributed by atoms with Gasteiger partial charge in [-0.15, -0.1) is 0 Å². The Balaban J connectivity index is 2.52. The van der Waals surface area contributed by atoms with Gasteiger partial charge in [0.25, 0.3) is 0 Å². The molecule has 96 valence electrons. The molecule has 0 heterocycles. The highest BCUT2D eigenvalue weighted by Gasteiger charge is 2.16. The largest absolute Gasteiger partial charge is 0.271 e. The number of nitrogens with two attached hydrogens (primary N) is 1.